The third kappa shape index (κ3) is 7.24. The molecule has 0 bridgehead atoms. The van der Waals surface area contributed by atoms with Crippen molar-refractivity contribution in [2.75, 3.05) is 0 Å². The Bertz CT molecular complexity index is 297. The van der Waals surface area contributed by atoms with Gasteiger partial charge in [-0.3, -0.25) is 4.79 Å². The summed E-state index contributed by atoms with van der Waals surface area (Å²) in [6.07, 6.45) is 0. The summed E-state index contributed by atoms with van der Waals surface area (Å²) >= 11 is 2.78. The molecule has 0 saturated carbocycles. The van der Waals surface area contributed by atoms with Crippen LogP contribution in [0.25, 0.3) is 0 Å². The number of hydrogen-bond acceptors (Lipinski definition) is 2. The molecular formula is C8H8HgIO3. The number of phenols is 1. The molecule has 0 heterocycles. The Labute approximate surface area is 106 Å². The van der Waals surface area contributed by atoms with E-state index in [2.05, 4.69) is 22.6 Å². The number of carbonyl (C=O) groups is 1. The van der Waals surface area contributed by atoms with Gasteiger partial charge in [0.15, 0.2) is 0 Å². The Kier molecular flexibility index (Phi) is 6.66. The molecule has 1 aromatic carbocycles. The summed E-state index contributed by atoms with van der Waals surface area (Å²) in [5.74, 6) is -0.376. The standard InChI is InChI=1S/C6H4IO.C2H4O2.Hg/c7-5-1-3-6(8)4-2-5;1-2(3)4;/h1-3,8H;1H3,(H,3,4);. The van der Waals surface area contributed by atoms with Crippen LogP contribution in [0.4, 0.5) is 0 Å². The van der Waals surface area contributed by atoms with E-state index in [1.165, 1.54) is 3.57 Å². The minimum absolute atomic E-state index is 0.457. The van der Waals surface area contributed by atoms with Gasteiger partial charge in [0.1, 0.15) is 0 Å². The molecule has 0 unspecified atom stereocenters. The number of rotatable bonds is 0. The zero-order chi connectivity index (χ0) is 10.4. The van der Waals surface area contributed by atoms with E-state index >= 15 is 0 Å². The van der Waals surface area contributed by atoms with Crippen LogP contribution in [0.5, 0.6) is 5.75 Å². The molecule has 0 radical (unpaired) electrons. The van der Waals surface area contributed by atoms with Gasteiger partial charge in [0, 0.05) is 6.92 Å². The van der Waals surface area contributed by atoms with Crippen molar-refractivity contribution in [3.63, 3.8) is 0 Å². The van der Waals surface area contributed by atoms with Gasteiger partial charge in [-0.1, -0.05) is 0 Å². The number of phenolic OH excluding ortho intramolecular Hbond substituents is 1. The van der Waals surface area contributed by atoms with Crippen LogP contribution in [-0.4, -0.2) is 16.2 Å². The molecule has 1 aromatic rings. The van der Waals surface area contributed by atoms with Crippen molar-refractivity contribution in [1.82, 2.24) is 0 Å². The summed E-state index contributed by atoms with van der Waals surface area (Å²) in [5.41, 5.74) is 0. The van der Waals surface area contributed by atoms with Gasteiger partial charge >= 0.3 is 84.4 Å². The van der Waals surface area contributed by atoms with Crippen molar-refractivity contribution in [3.8, 4) is 5.75 Å². The zero-order valence-corrected chi connectivity index (χ0v) is 14.8. The number of carboxylic acids is 1. The monoisotopic (exact) mass is 481 g/mol. The summed E-state index contributed by atoms with van der Waals surface area (Å²) in [5, 5.41) is 16.5. The molecule has 1 rings (SSSR count). The Morgan fingerprint density at radius 1 is 1.54 bits per heavy atom. The van der Waals surface area contributed by atoms with E-state index in [1.54, 1.807) is 6.07 Å². The fourth-order valence-corrected chi connectivity index (χ4v) is 4.04. The van der Waals surface area contributed by atoms with E-state index in [9.17, 15) is 0 Å². The summed E-state index contributed by atoms with van der Waals surface area (Å²) in [6.45, 7) is 1.08. The Hall–Kier alpha value is 0.155. The average Bonchev–Trinajstić information content (AvgIpc) is 1.96. The first-order chi connectivity index (χ1) is 5.93. The first-order valence-corrected chi connectivity index (χ1v) is 7.26. The van der Waals surface area contributed by atoms with Crippen molar-refractivity contribution in [2.45, 2.75) is 6.92 Å². The topological polar surface area (TPSA) is 57.5 Å². The number of halogens is 1. The third-order valence-corrected chi connectivity index (χ3v) is 3.91. The Morgan fingerprint density at radius 2 is 2.00 bits per heavy atom. The molecule has 13 heavy (non-hydrogen) atoms. The van der Waals surface area contributed by atoms with Gasteiger partial charge in [0.25, 0.3) is 5.97 Å². The van der Waals surface area contributed by atoms with Gasteiger partial charge < -0.3 is 5.11 Å². The van der Waals surface area contributed by atoms with Crippen LogP contribution in [0.2, 0.25) is 0 Å². The molecule has 0 fully saturated rings. The predicted octanol–water partition coefficient (Wildman–Crippen LogP) is 1.26. The molecule has 5 heteroatoms. The number of carboxylic acid groups (broad SMARTS) is 1. The van der Waals surface area contributed by atoms with Crippen molar-refractivity contribution in [2.24, 2.45) is 0 Å². The SMILES string of the molecule is CC(=O)O.Oc1ccc(I)c[c]1[Hg]. The minimum atomic E-state index is -0.833. The maximum atomic E-state index is 9.09. The second kappa shape index (κ2) is 6.59. The fraction of sp³-hybridized carbons (Fsp3) is 0.125. The van der Waals surface area contributed by atoms with Gasteiger partial charge in [0.05, 0.1) is 0 Å². The van der Waals surface area contributed by atoms with Crippen LogP contribution in [-0.2, 0) is 30.9 Å². The number of aromatic hydroxyl groups is 1. The quantitative estimate of drug-likeness (QED) is 0.435. The van der Waals surface area contributed by atoms with Gasteiger partial charge in [-0.05, 0) is 0 Å². The molecule has 0 atom stereocenters. The molecule has 0 aliphatic rings. The van der Waals surface area contributed by atoms with Gasteiger partial charge in [-0.15, -0.1) is 0 Å². The van der Waals surface area contributed by atoms with Crippen LogP contribution in [0.15, 0.2) is 18.2 Å². The molecule has 0 aromatic heterocycles. The Balaban J connectivity index is 0.000000310. The van der Waals surface area contributed by atoms with E-state index in [-0.39, 0.29) is 0 Å². The van der Waals surface area contributed by atoms with Crippen LogP contribution >= 0.6 is 22.6 Å². The molecule has 0 aliphatic carbocycles. The molecule has 2 N–H and O–H groups in total. The average molecular weight is 480 g/mol. The zero-order valence-electron chi connectivity index (χ0n) is 7.12. The Morgan fingerprint density at radius 3 is 2.31 bits per heavy atom. The summed E-state index contributed by atoms with van der Waals surface area (Å²) in [6, 6.07) is 5.69. The van der Waals surface area contributed by atoms with E-state index in [1.807, 2.05) is 12.1 Å². The first kappa shape index (κ1) is 13.2. The van der Waals surface area contributed by atoms with Crippen molar-refractivity contribution in [1.29, 1.82) is 0 Å². The van der Waals surface area contributed by atoms with E-state index in [0.717, 1.165) is 10.00 Å². The van der Waals surface area contributed by atoms with Crippen LogP contribution < -0.4 is 3.07 Å². The fourth-order valence-electron chi connectivity index (χ4n) is 0.554. The van der Waals surface area contributed by atoms with Crippen molar-refractivity contribution >= 4 is 31.6 Å². The van der Waals surface area contributed by atoms with Crippen LogP contribution in [0, 0.1) is 3.57 Å². The van der Waals surface area contributed by atoms with E-state index < -0.39 is 5.97 Å². The summed E-state index contributed by atoms with van der Waals surface area (Å²) in [4.78, 5) is 9.00. The summed E-state index contributed by atoms with van der Waals surface area (Å²) < 4.78 is 2.33. The normalized spacial score (nSPS) is 8.62. The van der Waals surface area contributed by atoms with Crippen LogP contribution in [0.3, 0.4) is 0 Å². The second-order valence-electron chi connectivity index (χ2n) is 2.29. The molecule has 0 aliphatic heterocycles. The van der Waals surface area contributed by atoms with Crippen molar-refractivity contribution < 1.29 is 41.1 Å². The predicted molar refractivity (Wildman–Crippen MR) is 53.8 cm³/mol. The van der Waals surface area contributed by atoms with Gasteiger partial charge in [-0.25, -0.2) is 0 Å². The number of benzene rings is 1. The molecular weight excluding hydrogens is 472 g/mol. The van der Waals surface area contributed by atoms with E-state index in [0.29, 0.717) is 31.9 Å². The molecule has 0 spiro atoms. The molecule has 0 amide bonds. The van der Waals surface area contributed by atoms with Gasteiger partial charge in [-0.2, -0.15) is 0 Å². The summed E-state index contributed by atoms with van der Waals surface area (Å²) in [7, 11) is 0. The third-order valence-electron chi connectivity index (χ3n) is 1.04. The maximum absolute atomic E-state index is 9.09. The second-order valence-corrected chi connectivity index (χ2v) is 6.50. The van der Waals surface area contributed by atoms with E-state index in [4.69, 9.17) is 15.0 Å². The van der Waals surface area contributed by atoms with Crippen molar-refractivity contribution in [3.05, 3.63) is 21.8 Å². The number of hydrogen-bond donors (Lipinski definition) is 2. The first-order valence-electron chi connectivity index (χ1n) is 3.43. The molecule has 3 nitrogen and oxygen atoms in total. The van der Waals surface area contributed by atoms with Crippen LogP contribution in [0.1, 0.15) is 6.92 Å². The molecule has 67 valence electrons. The molecule has 0 saturated heterocycles. The number of aliphatic carboxylic acids is 1. The van der Waals surface area contributed by atoms with Gasteiger partial charge in [0.2, 0.25) is 0 Å².